The number of aromatic nitrogens is 3. The van der Waals surface area contributed by atoms with E-state index >= 15 is 0 Å². The van der Waals surface area contributed by atoms with Crippen LogP contribution in [0.15, 0.2) is 20.1 Å². The summed E-state index contributed by atoms with van der Waals surface area (Å²) in [6, 6.07) is 1.95. The van der Waals surface area contributed by atoms with Crippen LogP contribution in [0.2, 0.25) is 0 Å². The van der Waals surface area contributed by atoms with E-state index in [1.807, 2.05) is 33.8 Å². The Morgan fingerprint density at radius 3 is 2.52 bits per heavy atom. The van der Waals surface area contributed by atoms with Gasteiger partial charge in [0.25, 0.3) is 0 Å². The molecule has 0 aliphatic heterocycles. The second-order valence-corrected chi connectivity index (χ2v) is 7.19. The van der Waals surface area contributed by atoms with Crippen LogP contribution >= 0.6 is 0 Å². The summed E-state index contributed by atoms with van der Waals surface area (Å²) in [5.41, 5.74) is 0.776. The Bertz CT molecular complexity index is 696. The van der Waals surface area contributed by atoms with Gasteiger partial charge in [0.1, 0.15) is 6.54 Å². The van der Waals surface area contributed by atoms with Gasteiger partial charge < -0.3 is 19.7 Å². The van der Waals surface area contributed by atoms with Gasteiger partial charge in [-0.3, -0.25) is 0 Å². The van der Waals surface area contributed by atoms with E-state index < -0.39 is 0 Å². The average molecular weight is 348 g/mol. The van der Waals surface area contributed by atoms with Gasteiger partial charge in [0, 0.05) is 18.0 Å². The van der Waals surface area contributed by atoms with Crippen LogP contribution in [-0.4, -0.2) is 27.8 Å². The molecule has 0 aliphatic carbocycles. The highest BCUT2D eigenvalue weighted by molar-refractivity contribution is 5.79. The van der Waals surface area contributed by atoms with E-state index in [-0.39, 0.29) is 5.41 Å². The SMILES string of the molecule is CCNC(=NCc1noc(C(C)(C)C)n1)NCc1cc(C(C)C)no1. The van der Waals surface area contributed by atoms with Crippen LogP contribution in [0.5, 0.6) is 0 Å². The predicted molar refractivity (Wildman–Crippen MR) is 95.2 cm³/mol. The zero-order valence-electron chi connectivity index (χ0n) is 15.9. The summed E-state index contributed by atoms with van der Waals surface area (Å²) >= 11 is 0. The van der Waals surface area contributed by atoms with Crippen molar-refractivity contribution in [2.45, 2.75) is 66.0 Å². The van der Waals surface area contributed by atoms with Crippen molar-refractivity contribution >= 4 is 5.96 Å². The second kappa shape index (κ2) is 8.13. The molecule has 0 aromatic carbocycles. The molecule has 0 spiro atoms. The molecule has 0 aliphatic rings. The van der Waals surface area contributed by atoms with Crippen molar-refractivity contribution in [3.8, 4) is 0 Å². The average Bonchev–Trinajstić information content (AvgIpc) is 3.18. The molecule has 0 saturated heterocycles. The lowest BCUT2D eigenvalue weighted by molar-refractivity contribution is 0.318. The van der Waals surface area contributed by atoms with E-state index in [1.54, 1.807) is 0 Å². The van der Waals surface area contributed by atoms with Crippen LogP contribution in [0.4, 0.5) is 0 Å². The van der Waals surface area contributed by atoms with Gasteiger partial charge in [-0.2, -0.15) is 4.98 Å². The molecule has 2 aromatic rings. The Balaban J connectivity index is 1.96. The first-order chi connectivity index (χ1) is 11.8. The van der Waals surface area contributed by atoms with Gasteiger partial charge in [-0.05, 0) is 12.8 Å². The number of hydrogen-bond acceptors (Lipinski definition) is 6. The smallest absolute Gasteiger partial charge is 0.232 e. The number of aliphatic imine (C=N–C) groups is 1. The van der Waals surface area contributed by atoms with E-state index in [2.05, 4.69) is 44.8 Å². The lowest BCUT2D eigenvalue weighted by Crippen LogP contribution is -2.36. The molecule has 8 nitrogen and oxygen atoms in total. The maximum absolute atomic E-state index is 5.32. The Kier molecular flexibility index (Phi) is 6.17. The summed E-state index contributed by atoms with van der Waals surface area (Å²) in [5.74, 6) is 2.94. The Morgan fingerprint density at radius 2 is 1.96 bits per heavy atom. The van der Waals surface area contributed by atoms with Crippen molar-refractivity contribution in [1.29, 1.82) is 0 Å². The zero-order chi connectivity index (χ0) is 18.4. The summed E-state index contributed by atoms with van der Waals surface area (Å²) < 4.78 is 10.6. The monoisotopic (exact) mass is 348 g/mol. The van der Waals surface area contributed by atoms with Crippen LogP contribution in [0.1, 0.15) is 70.6 Å². The standard InChI is InChI=1S/C17H28N6O2/c1-7-18-16(19-9-12-8-13(11(2)3)22-24-12)20-10-14-21-15(25-23-14)17(4,5)6/h8,11H,7,9-10H2,1-6H3,(H2,18,19,20). The van der Waals surface area contributed by atoms with Crippen molar-refractivity contribution in [3.63, 3.8) is 0 Å². The fraction of sp³-hybridized carbons (Fsp3) is 0.647. The third-order valence-corrected chi connectivity index (χ3v) is 3.43. The van der Waals surface area contributed by atoms with Crippen molar-refractivity contribution in [2.24, 2.45) is 4.99 Å². The quantitative estimate of drug-likeness (QED) is 0.611. The number of rotatable bonds is 6. The van der Waals surface area contributed by atoms with E-state index in [0.717, 1.165) is 18.0 Å². The van der Waals surface area contributed by atoms with Crippen LogP contribution in [0.25, 0.3) is 0 Å². The Hall–Kier alpha value is -2.38. The Morgan fingerprint density at radius 1 is 1.20 bits per heavy atom. The normalized spacial score (nSPS) is 12.7. The molecule has 8 heteroatoms. The maximum atomic E-state index is 5.32. The molecule has 0 bridgehead atoms. The van der Waals surface area contributed by atoms with Gasteiger partial charge in [-0.25, -0.2) is 4.99 Å². The van der Waals surface area contributed by atoms with Crippen LogP contribution < -0.4 is 10.6 Å². The molecule has 2 aromatic heterocycles. The first kappa shape index (κ1) is 19.0. The first-order valence-electron chi connectivity index (χ1n) is 8.60. The fourth-order valence-electron chi connectivity index (χ4n) is 1.97. The van der Waals surface area contributed by atoms with Crippen molar-refractivity contribution in [2.75, 3.05) is 6.54 Å². The third kappa shape index (κ3) is 5.58. The summed E-state index contributed by atoms with van der Waals surface area (Å²) in [6.45, 7) is 13.8. The van der Waals surface area contributed by atoms with Gasteiger partial charge in [-0.1, -0.05) is 44.9 Å². The topological polar surface area (TPSA) is 101 Å². The van der Waals surface area contributed by atoms with Crippen LogP contribution in [-0.2, 0) is 18.5 Å². The number of nitrogens with zero attached hydrogens (tertiary/aromatic N) is 4. The highest BCUT2D eigenvalue weighted by Crippen LogP contribution is 2.19. The van der Waals surface area contributed by atoms with Gasteiger partial charge in [0.05, 0.1) is 12.2 Å². The Labute approximate surface area is 148 Å². The minimum atomic E-state index is -0.169. The molecular weight excluding hydrogens is 320 g/mol. The van der Waals surface area contributed by atoms with Crippen molar-refractivity contribution < 1.29 is 9.05 Å². The summed E-state index contributed by atoms with van der Waals surface area (Å²) in [7, 11) is 0. The number of hydrogen-bond donors (Lipinski definition) is 2. The van der Waals surface area contributed by atoms with E-state index in [0.29, 0.717) is 36.7 Å². The maximum Gasteiger partial charge on any atom is 0.232 e. The largest absolute Gasteiger partial charge is 0.359 e. The molecule has 138 valence electrons. The molecule has 0 amide bonds. The molecule has 0 atom stereocenters. The van der Waals surface area contributed by atoms with Gasteiger partial charge in [0.2, 0.25) is 5.89 Å². The van der Waals surface area contributed by atoms with E-state index in [9.17, 15) is 0 Å². The summed E-state index contributed by atoms with van der Waals surface area (Å²) in [6.07, 6.45) is 0. The molecule has 2 heterocycles. The van der Waals surface area contributed by atoms with Gasteiger partial charge in [0.15, 0.2) is 17.5 Å². The lowest BCUT2D eigenvalue weighted by Gasteiger charge is -2.10. The molecule has 2 N–H and O–H groups in total. The highest BCUT2D eigenvalue weighted by Gasteiger charge is 2.21. The van der Waals surface area contributed by atoms with E-state index in [1.165, 1.54) is 0 Å². The zero-order valence-corrected chi connectivity index (χ0v) is 15.9. The second-order valence-electron chi connectivity index (χ2n) is 7.19. The summed E-state index contributed by atoms with van der Waals surface area (Å²) in [5, 5.41) is 14.4. The van der Waals surface area contributed by atoms with Crippen LogP contribution in [0.3, 0.4) is 0 Å². The minimum Gasteiger partial charge on any atom is -0.359 e. The number of guanidine groups is 1. The van der Waals surface area contributed by atoms with Crippen molar-refractivity contribution in [3.05, 3.63) is 29.2 Å². The van der Waals surface area contributed by atoms with Gasteiger partial charge in [-0.15, -0.1) is 0 Å². The minimum absolute atomic E-state index is 0.169. The molecule has 0 unspecified atom stereocenters. The van der Waals surface area contributed by atoms with E-state index in [4.69, 9.17) is 9.05 Å². The molecular formula is C17H28N6O2. The van der Waals surface area contributed by atoms with Gasteiger partial charge >= 0.3 is 0 Å². The molecule has 0 saturated carbocycles. The number of nitrogens with one attached hydrogen (secondary N) is 2. The molecule has 25 heavy (non-hydrogen) atoms. The first-order valence-corrected chi connectivity index (χ1v) is 8.60. The summed E-state index contributed by atoms with van der Waals surface area (Å²) in [4.78, 5) is 8.87. The molecule has 2 rings (SSSR count). The lowest BCUT2D eigenvalue weighted by atomic mass is 9.97. The predicted octanol–water partition coefficient (Wildman–Crippen LogP) is 2.73. The molecule has 0 fully saturated rings. The third-order valence-electron chi connectivity index (χ3n) is 3.43. The highest BCUT2D eigenvalue weighted by atomic mass is 16.5. The van der Waals surface area contributed by atoms with Crippen molar-refractivity contribution in [1.82, 2.24) is 25.9 Å². The molecule has 0 radical (unpaired) electrons. The fourth-order valence-corrected chi connectivity index (χ4v) is 1.97. The van der Waals surface area contributed by atoms with Crippen LogP contribution in [0, 0.1) is 0 Å².